The molecule has 3 aromatic rings. The summed E-state index contributed by atoms with van der Waals surface area (Å²) < 4.78 is 27.1. The van der Waals surface area contributed by atoms with E-state index in [1.165, 1.54) is 17.0 Å². The largest absolute Gasteiger partial charge is 0.351 e. The van der Waals surface area contributed by atoms with Crippen molar-refractivity contribution in [2.24, 2.45) is 0 Å². The molecule has 0 aromatic heterocycles. The predicted molar refractivity (Wildman–Crippen MR) is 145 cm³/mol. The number of piperazine rings is 1. The van der Waals surface area contributed by atoms with E-state index in [1.807, 2.05) is 0 Å². The van der Waals surface area contributed by atoms with E-state index >= 15 is 0 Å². The Morgan fingerprint density at radius 2 is 1.66 bits per heavy atom. The third-order valence-corrected chi connectivity index (χ3v) is 8.65. The van der Waals surface area contributed by atoms with E-state index in [0.717, 1.165) is 39.3 Å². The minimum Gasteiger partial charge on any atom is -0.351 e. The highest BCUT2D eigenvalue weighted by molar-refractivity contribution is 7.85. The lowest BCUT2D eigenvalue weighted by molar-refractivity contribution is 0.0935. The first-order chi connectivity index (χ1) is 18.4. The number of nitrogens with zero attached hydrogens (tertiary/aromatic N) is 3. The van der Waals surface area contributed by atoms with Crippen LogP contribution in [0.4, 0.5) is 10.1 Å². The second-order valence-electron chi connectivity index (χ2n) is 9.50. The van der Waals surface area contributed by atoms with Crippen molar-refractivity contribution in [3.8, 4) is 0 Å². The van der Waals surface area contributed by atoms with Gasteiger partial charge in [0.25, 0.3) is 11.8 Å². The number of anilines is 1. The fourth-order valence-corrected chi connectivity index (χ4v) is 6.24. The molecule has 9 heteroatoms. The van der Waals surface area contributed by atoms with Crippen molar-refractivity contribution in [1.82, 2.24) is 15.1 Å². The molecule has 0 aliphatic carbocycles. The summed E-state index contributed by atoms with van der Waals surface area (Å²) in [5.41, 5.74) is 1.86. The molecule has 0 radical (unpaired) electrons. The Kier molecular flexibility index (Phi) is 7.97. The number of likely N-dealkylation sites (N-methyl/N-ethyl adjacent to an activating group) is 1. The van der Waals surface area contributed by atoms with Gasteiger partial charge in [0.15, 0.2) is 0 Å². The van der Waals surface area contributed by atoms with Crippen molar-refractivity contribution < 1.29 is 18.2 Å². The Hall–Kier alpha value is -3.40. The molecule has 198 valence electrons. The lowest BCUT2D eigenvalue weighted by Gasteiger charge is -2.33. The number of amides is 2. The summed E-state index contributed by atoms with van der Waals surface area (Å²) in [6.07, 6.45) is 0. The molecular formula is C29H31FN4O3S. The van der Waals surface area contributed by atoms with Crippen LogP contribution in [0.15, 0.2) is 76.5 Å². The second kappa shape index (κ2) is 11.6. The van der Waals surface area contributed by atoms with Gasteiger partial charge in [-0.3, -0.25) is 14.5 Å². The summed E-state index contributed by atoms with van der Waals surface area (Å²) in [5.74, 6) is -0.934. The smallest absolute Gasteiger partial charge is 0.259 e. The molecule has 1 N–H and O–H groups in total. The van der Waals surface area contributed by atoms with E-state index < -0.39 is 10.8 Å². The molecule has 0 saturated carbocycles. The molecule has 2 amide bonds. The van der Waals surface area contributed by atoms with Crippen molar-refractivity contribution in [2.75, 3.05) is 50.7 Å². The maximum absolute atomic E-state index is 13.7. The molecule has 0 bridgehead atoms. The topological polar surface area (TPSA) is 73.0 Å². The number of carbonyl (C=O) groups is 2. The van der Waals surface area contributed by atoms with Crippen molar-refractivity contribution >= 4 is 28.3 Å². The normalized spacial score (nSPS) is 18.0. The molecule has 7 nitrogen and oxygen atoms in total. The fourth-order valence-electron chi connectivity index (χ4n) is 4.89. The first kappa shape index (κ1) is 26.2. The van der Waals surface area contributed by atoms with Crippen LogP contribution in [-0.4, -0.2) is 71.6 Å². The van der Waals surface area contributed by atoms with Crippen molar-refractivity contribution in [3.05, 3.63) is 89.2 Å². The van der Waals surface area contributed by atoms with Crippen LogP contribution in [0, 0.1) is 5.82 Å². The van der Waals surface area contributed by atoms with E-state index in [9.17, 15) is 18.2 Å². The molecule has 3 aromatic carbocycles. The van der Waals surface area contributed by atoms with E-state index in [4.69, 9.17) is 0 Å². The monoisotopic (exact) mass is 534 g/mol. The molecule has 1 saturated heterocycles. The standard InChI is InChI=1S/C29H31FN4O3S/c1-2-32-15-17-33(18-16-32)14-13-31-28(35)22-9-12-27-25(19-22)34(20-21-7-10-23(30)11-8-21)29(36)24-5-3-4-6-26(24)38(27)37/h3-12,19H,2,13-18,20H2,1H3,(H,31,35)/t38-/m1/s1. The zero-order chi connectivity index (χ0) is 26.6. The summed E-state index contributed by atoms with van der Waals surface area (Å²) in [4.78, 5) is 33.9. The molecule has 2 heterocycles. The number of hydrogen-bond acceptors (Lipinski definition) is 5. The van der Waals surface area contributed by atoms with Crippen LogP contribution in [0.5, 0.6) is 0 Å². The second-order valence-corrected chi connectivity index (χ2v) is 10.9. The van der Waals surface area contributed by atoms with Gasteiger partial charge in [0.05, 0.1) is 38.4 Å². The summed E-state index contributed by atoms with van der Waals surface area (Å²) in [5, 5.41) is 2.99. The first-order valence-corrected chi connectivity index (χ1v) is 14.0. The number of fused-ring (bicyclic) bond motifs is 2. The van der Waals surface area contributed by atoms with Crippen molar-refractivity contribution in [2.45, 2.75) is 23.3 Å². The van der Waals surface area contributed by atoms with Crippen LogP contribution in [0.1, 0.15) is 33.2 Å². The van der Waals surface area contributed by atoms with E-state index in [-0.39, 0.29) is 24.2 Å². The number of rotatable bonds is 7. The molecule has 0 unspecified atom stereocenters. The molecule has 0 spiro atoms. The minimum absolute atomic E-state index is 0.145. The quantitative estimate of drug-likeness (QED) is 0.502. The SMILES string of the molecule is CCN1CCN(CCNC(=O)c2ccc3c(c2)N(Cc2ccc(F)cc2)C(=O)c2ccccc2[S@]3=O)CC1. The zero-order valence-electron chi connectivity index (χ0n) is 21.4. The number of benzene rings is 3. The Morgan fingerprint density at radius 1 is 0.947 bits per heavy atom. The first-order valence-electron chi connectivity index (χ1n) is 12.9. The average Bonchev–Trinajstić information content (AvgIpc) is 3.03. The molecule has 5 rings (SSSR count). The Labute approximate surface area is 224 Å². The van der Waals surface area contributed by atoms with Gasteiger partial charge < -0.3 is 15.1 Å². The van der Waals surface area contributed by atoms with Gasteiger partial charge in [0.2, 0.25) is 0 Å². The molecule has 2 aliphatic rings. The van der Waals surface area contributed by atoms with Gasteiger partial charge in [0, 0.05) is 44.8 Å². The molecule has 1 fully saturated rings. The summed E-state index contributed by atoms with van der Waals surface area (Å²) in [6.45, 7) is 8.68. The van der Waals surface area contributed by atoms with Gasteiger partial charge in [-0.05, 0) is 54.6 Å². The molecular weight excluding hydrogens is 503 g/mol. The van der Waals surface area contributed by atoms with E-state index in [0.29, 0.717) is 38.7 Å². The lowest BCUT2D eigenvalue weighted by atomic mass is 10.1. The highest BCUT2D eigenvalue weighted by Gasteiger charge is 2.31. The summed E-state index contributed by atoms with van der Waals surface area (Å²) in [7, 11) is -1.61. The number of hydrogen-bond donors (Lipinski definition) is 1. The van der Waals surface area contributed by atoms with Gasteiger partial charge in [0.1, 0.15) is 5.82 Å². The van der Waals surface area contributed by atoms with Crippen LogP contribution in [-0.2, 0) is 17.3 Å². The number of carbonyl (C=O) groups excluding carboxylic acids is 2. The van der Waals surface area contributed by atoms with Gasteiger partial charge >= 0.3 is 0 Å². The third kappa shape index (κ3) is 5.55. The van der Waals surface area contributed by atoms with Gasteiger partial charge in [-0.2, -0.15) is 0 Å². The highest BCUT2D eigenvalue weighted by atomic mass is 32.2. The van der Waals surface area contributed by atoms with Gasteiger partial charge in [-0.15, -0.1) is 0 Å². The molecule has 2 aliphatic heterocycles. The van der Waals surface area contributed by atoms with Crippen molar-refractivity contribution in [3.63, 3.8) is 0 Å². The maximum atomic E-state index is 13.7. The minimum atomic E-state index is -1.61. The predicted octanol–water partition coefficient (Wildman–Crippen LogP) is 3.52. The lowest BCUT2D eigenvalue weighted by Crippen LogP contribution is -2.48. The fraction of sp³-hybridized carbons (Fsp3) is 0.310. The van der Waals surface area contributed by atoms with Crippen LogP contribution in [0.2, 0.25) is 0 Å². The molecule has 1 atom stereocenters. The zero-order valence-corrected chi connectivity index (χ0v) is 22.2. The summed E-state index contributed by atoms with van der Waals surface area (Å²) >= 11 is 0. The Morgan fingerprint density at radius 3 is 2.39 bits per heavy atom. The summed E-state index contributed by atoms with van der Waals surface area (Å²) in [6, 6.07) is 17.7. The van der Waals surface area contributed by atoms with Crippen LogP contribution < -0.4 is 10.2 Å². The highest BCUT2D eigenvalue weighted by Crippen LogP contribution is 2.36. The average molecular weight is 535 g/mol. The van der Waals surface area contributed by atoms with E-state index in [1.54, 1.807) is 54.6 Å². The third-order valence-electron chi connectivity index (χ3n) is 7.15. The van der Waals surface area contributed by atoms with Gasteiger partial charge in [-0.25, -0.2) is 8.60 Å². The van der Waals surface area contributed by atoms with Gasteiger partial charge in [-0.1, -0.05) is 31.2 Å². The number of halogens is 1. The molecule has 38 heavy (non-hydrogen) atoms. The number of nitrogens with one attached hydrogen (secondary N) is 1. The van der Waals surface area contributed by atoms with E-state index in [2.05, 4.69) is 22.0 Å². The maximum Gasteiger partial charge on any atom is 0.259 e. The van der Waals surface area contributed by atoms with Crippen molar-refractivity contribution in [1.29, 1.82) is 0 Å². The Balaban J connectivity index is 1.39. The van der Waals surface area contributed by atoms with Crippen LogP contribution in [0.3, 0.4) is 0 Å². The van der Waals surface area contributed by atoms with Crippen LogP contribution in [0.25, 0.3) is 0 Å². The van der Waals surface area contributed by atoms with Crippen LogP contribution >= 0.6 is 0 Å². The Bertz CT molecular complexity index is 1360.